The lowest BCUT2D eigenvalue weighted by atomic mass is 9.86. The SMILES string of the molecule is CC(C)(C)c1ccc(-c2cc(Nc3ccc4c(c3)OCCO4)nc(NCCN3CCCC3)n2)cc1. The van der Waals surface area contributed by atoms with Gasteiger partial charge >= 0.3 is 0 Å². The first-order valence-electron chi connectivity index (χ1n) is 12.6. The van der Waals surface area contributed by atoms with Crippen LogP contribution in [0, 0.1) is 0 Å². The molecule has 0 saturated carbocycles. The predicted molar refractivity (Wildman–Crippen MR) is 141 cm³/mol. The molecule has 35 heavy (non-hydrogen) atoms. The first-order valence-corrected chi connectivity index (χ1v) is 12.6. The fraction of sp³-hybridized carbons (Fsp3) is 0.429. The summed E-state index contributed by atoms with van der Waals surface area (Å²) in [6.45, 7) is 12.0. The molecule has 1 saturated heterocycles. The highest BCUT2D eigenvalue weighted by molar-refractivity contribution is 5.69. The average Bonchev–Trinajstić information content (AvgIpc) is 3.37. The van der Waals surface area contributed by atoms with Gasteiger partial charge in [0.15, 0.2) is 11.5 Å². The number of benzene rings is 2. The number of likely N-dealkylation sites (tertiary alicyclic amines) is 1. The van der Waals surface area contributed by atoms with E-state index in [1.54, 1.807) is 0 Å². The van der Waals surface area contributed by atoms with E-state index in [1.165, 1.54) is 31.5 Å². The molecule has 0 unspecified atom stereocenters. The van der Waals surface area contributed by atoms with Crippen molar-refractivity contribution in [1.29, 1.82) is 0 Å². The van der Waals surface area contributed by atoms with Crippen molar-refractivity contribution in [2.24, 2.45) is 0 Å². The third-order valence-corrected chi connectivity index (χ3v) is 6.50. The summed E-state index contributed by atoms with van der Waals surface area (Å²) in [4.78, 5) is 12.1. The van der Waals surface area contributed by atoms with Crippen molar-refractivity contribution < 1.29 is 9.47 Å². The van der Waals surface area contributed by atoms with Crippen LogP contribution in [0.2, 0.25) is 0 Å². The van der Waals surface area contributed by atoms with E-state index in [1.807, 2.05) is 24.3 Å². The van der Waals surface area contributed by atoms with Gasteiger partial charge in [-0.2, -0.15) is 4.98 Å². The number of fused-ring (bicyclic) bond motifs is 1. The molecule has 0 atom stereocenters. The largest absolute Gasteiger partial charge is 0.486 e. The number of hydrogen-bond donors (Lipinski definition) is 2. The van der Waals surface area contributed by atoms with Gasteiger partial charge in [-0.25, -0.2) is 4.98 Å². The predicted octanol–water partition coefficient (Wildman–Crippen LogP) is 5.46. The zero-order chi connectivity index (χ0) is 24.3. The number of aromatic nitrogens is 2. The van der Waals surface area contributed by atoms with E-state index in [0.717, 1.165) is 47.4 Å². The molecule has 5 rings (SSSR count). The van der Waals surface area contributed by atoms with Crippen molar-refractivity contribution in [3.8, 4) is 22.8 Å². The fourth-order valence-corrected chi connectivity index (χ4v) is 4.48. The van der Waals surface area contributed by atoms with E-state index in [0.29, 0.717) is 19.2 Å². The number of hydrogen-bond acceptors (Lipinski definition) is 7. The number of rotatable bonds is 7. The second-order valence-electron chi connectivity index (χ2n) is 10.2. The van der Waals surface area contributed by atoms with Gasteiger partial charge in [-0.3, -0.25) is 0 Å². The third kappa shape index (κ3) is 5.85. The summed E-state index contributed by atoms with van der Waals surface area (Å²) in [6.07, 6.45) is 2.58. The summed E-state index contributed by atoms with van der Waals surface area (Å²) in [5, 5.41) is 6.88. The van der Waals surface area contributed by atoms with E-state index < -0.39 is 0 Å². The van der Waals surface area contributed by atoms with E-state index in [-0.39, 0.29) is 5.41 Å². The van der Waals surface area contributed by atoms with E-state index in [9.17, 15) is 0 Å². The summed E-state index contributed by atoms with van der Waals surface area (Å²) in [5.74, 6) is 2.88. The first kappa shape index (κ1) is 23.4. The van der Waals surface area contributed by atoms with Crippen molar-refractivity contribution in [3.05, 3.63) is 54.1 Å². The van der Waals surface area contributed by atoms with Crippen LogP contribution in [-0.4, -0.2) is 54.3 Å². The second kappa shape index (κ2) is 10.1. The molecule has 184 valence electrons. The first-order chi connectivity index (χ1) is 16.9. The molecule has 2 aliphatic rings. The van der Waals surface area contributed by atoms with Gasteiger partial charge in [0.1, 0.15) is 19.0 Å². The standard InChI is InChI=1S/C28H35N5O2/c1-28(2,3)21-8-6-20(7-9-21)23-19-26(30-22-10-11-24-25(18-22)35-17-16-34-24)32-27(31-23)29-12-15-33-13-4-5-14-33/h6-11,18-19H,4-5,12-17H2,1-3H3,(H2,29,30,31,32). The molecule has 2 aromatic carbocycles. The average molecular weight is 474 g/mol. The number of ether oxygens (including phenoxy) is 2. The maximum Gasteiger partial charge on any atom is 0.225 e. The fourth-order valence-electron chi connectivity index (χ4n) is 4.48. The molecule has 0 bridgehead atoms. The summed E-state index contributed by atoms with van der Waals surface area (Å²) in [5.41, 5.74) is 4.24. The maximum absolute atomic E-state index is 5.74. The zero-order valence-electron chi connectivity index (χ0n) is 20.9. The van der Waals surface area contributed by atoms with Crippen molar-refractivity contribution in [1.82, 2.24) is 14.9 Å². The van der Waals surface area contributed by atoms with Gasteiger partial charge in [-0.15, -0.1) is 0 Å². The van der Waals surface area contributed by atoms with Crippen LogP contribution in [0.3, 0.4) is 0 Å². The molecule has 1 aromatic heterocycles. The van der Waals surface area contributed by atoms with Crippen molar-refractivity contribution >= 4 is 17.5 Å². The third-order valence-electron chi connectivity index (χ3n) is 6.50. The zero-order valence-corrected chi connectivity index (χ0v) is 20.9. The molecule has 3 aromatic rings. The van der Waals surface area contributed by atoms with E-state index >= 15 is 0 Å². The molecule has 1 fully saturated rings. The van der Waals surface area contributed by atoms with Gasteiger partial charge < -0.3 is 25.0 Å². The Bertz CT molecular complexity index is 1150. The minimum atomic E-state index is 0.109. The Morgan fingerprint density at radius 2 is 1.63 bits per heavy atom. The maximum atomic E-state index is 5.74. The van der Waals surface area contributed by atoms with Crippen LogP contribution in [0.25, 0.3) is 11.3 Å². The highest BCUT2D eigenvalue weighted by atomic mass is 16.6. The minimum Gasteiger partial charge on any atom is -0.486 e. The van der Waals surface area contributed by atoms with Crippen LogP contribution >= 0.6 is 0 Å². The molecule has 2 aliphatic heterocycles. The summed E-state index contributed by atoms with van der Waals surface area (Å²) >= 11 is 0. The van der Waals surface area contributed by atoms with Gasteiger partial charge in [0.2, 0.25) is 5.95 Å². The van der Waals surface area contributed by atoms with Gasteiger partial charge in [0.05, 0.1) is 5.69 Å². The highest BCUT2D eigenvalue weighted by Crippen LogP contribution is 2.34. The molecule has 0 radical (unpaired) electrons. The quantitative estimate of drug-likeness (QED) is 0.472. The van der Waals surface area contributed by atoms with Gasteiger partial charge in [-0.1, -0.05) is 45.0 Å². The molecule has 2 N–H and O–H groups in total. The molecule has 7 nitrogen and oxygen atoms in total. The molecule has 0 spiro atoms. The summed E-state index contributed by atoms with van der Waals surface area (Å²) in [6, 6.07) is 16.5. The molecule has 0 amide bonds. The topological polar surface area (TPSA) is 71.5 Å². The van der Waals surface area contributed by atoms with E-state index in [4.69, 9.17) is 19.4 Å². The van der Waals surface area contributed by atoms with Crippen LogP contribution in [-0.2, 0) is 5.41 Å². The van der Waals surface area contributed by atoms with Gasteiger partial charge in [-0.05, 0) is 49.0 Å². The van der Waals surface area contributed by atoms with Crippen LogP contribution in [0.5, 0.6) is 11.5 Å². The Hall–Kier alpha value is -3.32. The number of nitrogens with zero attached hydrogens (tertiary/aromatic N) is 3. The van der Waals surface area contributed by atoms with Crippen molar-refractivity contribution in [2.75, 3.05) is 50.0 Å². The Morgan fingerprint density at radius 3 is 2.37 bits per heavy atom. The smallest absolute Gasteiger partial charge is 0.225 e. The second-order valence-corrected chi connectivity index (χ2v) is 10.2. The molecular formula is C28H35N5O2. The minimum absolute atomic E-state index is 0.109. The summed E-state index contributed by atoms with van der Waals surface area (Å²) in [7, 11) is 0. The molecular weight excluding hydrogens is 438 g/mol. The number of nitrogens with one attached hydrogen (secondary N) is 2. The lowest BCUT2D eigenvalue weighted by Crippen LogP contribution is -2.26. The van der Waals surface area contributed by atoms with Crippen LogP contribution in [0.4, 0.5) is 17.5 Å². The molecule has 0 aliphatic carbocycles. The van der Waals surface area contributed by atoms with Crippen molar-refractivity contribution in [2.45, 2.75) is 39.0 Å². The lowest BCUT2D eigenvalue weighted by molar-refractivity contribution is 0.171. The highest BCUT2D eigenvalue weighted by Gasteiger charge is 2.16. The summed E-state index contributed by atoms with van der Waals surface area (Å²) < 4.78 is 11.4. The Balaban J connectivity index is 1.39. The van der Waals surface area contributed by atoms with Gasteiger partial charge in [0, 0.05) is 36.5 Å². The van der Waals surface area contributed by atoms with Crippen LogP contribution in [0.15, 0.2) is 48.5 Å². The van der Waals surface area contributed by atoms with Gasteiger partial charge in [0.25, 0.3) is 0 Å². The van der Waals surface area contributed by atoms with E-state index in [2.05, 4.69) is 60.6 Å². The Morgan fingerprint density at radius 1 is 0.886 bits per heavy atom. The normalized spacial score (nSPS) is 15.7. The number of anilines is 3. The Kier molecular flexibility index (Phi) is 6.77. The van der Waals surface area contributed by atoms with Crippen LogP contribution in [0.1, 0.15) is 39.2 Å². The molecule has 7 heteroatoms. The Labute approximate surface area is 207 Å². The van der Waals surface area contributed by atoms with Crippen molar-refractivity contribution in [3.63, 3.8) is 0 Å². The monoisotopic (exact) mass is 473 g/mol. The molecule has 3 heterocycles. The lowest BCUT2D eigenvalue weighted by Gasteiger charge is -2.20. The van der Waals surface area contributed by atoms with Crippen LogP contribution < -0.4 is 20.1 Å².